The Morgan fingerprint density at radius 2 is 1.83 bits per heavy atom. The summed E-state index contributed by atoms with van der Waals surface area (Å²) in [4.78, 5) is 41.1. The summed E-state index contributed by atoms with van der Waals surface area (Å²) in [6, 6.07) is 5.04. The maximum atomic E-state index is 11.8. The number of carbonyl (C=O) groups excluding carboxylic acids is 4. The average molecular weight is 249 g/mol. The van der Waals surface area contributed by atoms with Crippen molar-refractivity contribution >= 4 is 18.0 Å². The molecule has 0 atom stereocenters. The van der Waals surface area contributed by atoms with Crippen molar-refractivity contribution in [3.05, 3.63) is 29.3 Å². The summed E-state index contributed by atoms with van der Waals surface area (Å²) in [5, 5.41) is 0. The summed E-state index contributed by atoms with van der Waals surface area (Å²) in [5.74, 6) is -0.0480. The molecule has 0 saturated heterocycles. The van der Waals surface area contributed by atoms with Crippen molar-refractivity contribution in [2.24, 2.45) is 0 Å². The minimum Gasteiger partial charge on any atom is -0.496 e. The molecule has 0 saturated carbocycles. The molecule has 1 aromatic carbocycles. The van der Waals surface area contributed by atoms with E-state index in [9.17, 15) is 9.59 Å². The molecule has 0 radical (unpaired) electrons. The number of imide groups is 1. The molecule has 6 nitrogen and oxygen atoms in total. The molecular weight excluding hydrogens is 238 g/mol. The van der Waals surface area contributed by atoms with Crippen molar-refractivity contribution < 1.29 is 23.9 Å². The summed E-state index contributed by atoms with van der Waals surface area (Å²) in [6.07, 6.45) is 0.250. The van der Waals surface area contributed by atoms with Crippen LogP contribution in [-0.2, 0) is 9.59 Å². The second-order valence-electron chi connectivity index (χ2n) is 3.32. The fourth-order valence-corrected chi connectivity index (χ4v) is 1.76. The van der Waals surface area contributed by atoms with Gasteiger partial charge in [0.15, 0.2) is 0 Å². The van der Waals surface area contributed by atoms with Gasteiger partial charge in [-0.2, -0.15) is 9.59 Å². The van der Waals surface area contributed by atoms with Gasteiger partial charge in [0.1, 0.15) is 5.75 Å². The Balaban J connectivity index is 0.000000492. The lowest BCUT2D eigenvalue weighted by molar-refractivity contribution is -0.191. The van der Waals surface area contributed by atoms with Crippen molar-refractivity contribution in [1.29, 1.82) is 0 Å². The smallest absolute Gasteiger partial charge is 0.373 e. The van der Waals surface area contributed by atoms with Crippen LogP contribution in [0.15, 0.2) is 18.2 Å². The van der Waals surface area contributed by atoms with Gasteiger partial charge in [-0.25, -0.2) is 0 Å². The van der Waals surface area contributed by atoms with E-state index in [1.807, 2.05) is 0 Å². The molecule has 0 N–H and O–H groups in total. The Morgan fingerprint density at radius 3 is 2.33 bits per heavy atom. The number of hydrogen-bond donors (Lipinski definition) is 0. The van der Waals surface area contributed by atoms with Gasteiger partial charge >= 0.3 is 6.15 Å². The normalized spacial score (nSPS) is 12.4. The molecule has 0 fully saturated rings. The Bertz CT molecular complexity index is 517. The number of methoxy groups -OCH3 is 1. The maximum Gasteiger partial charge on any atom is 0.373 e. The van der Waals surface area contributed by atoms with Crippen molar-refractivity contribution in [1.82, 2.24) is 4.90 Å². The van der Waals surface area contributed by atoms with Gasteiger partial charge < -0.3 is 4.74 Å². The van der Waals surface area contributed by atoms with E-state index in [1.165, 1.54) is 12.0 Å². The molecule has 94 valence electrons. The van der Waals surface area contributed by atoms with Crippen LogP contribution in [0.4, 0.5) is 0 Å². The van der Waals surface area contributed by atoms with Gasteiger partial charge in [-0.05, 0) is 19.1 Å². The number of carbonyl (C=O) groups is 2. The molecule has 6 heteroatoms. The molecule has 1 heterocycles. The Hall–Kier alpha value is -2.46. The highest BCUT2D eigenvalue weighted by Gasteiger charge is 2.36. The van der Waals surface area contributed by atoms with Crippen molar-refractivity contribution in [2.75, 3.05) is 13.7 Å². The fourth-order valence-electron chi connectivity index (χ4n) is 1.76. The van der Waals surface area contributed by atoms with Crippen LogP contribution >= 0.6 is 0 Å². The summed E-state index contributed by atoms with van der Waals surface area (Å²) in [6.45, 7) is 2.16. The molecule has 1 aliphatic rings. The lowest BCUT2D eigenvalue weighted by atomic mass is 10.1. The van der Waals surface area contributed by atoms with Crippen molar-refractivity contribution in [3.63, 3.8) is 0 Å². The lowest BCUT2D eigenvalue weighted by Gasteiger charge is -2.09. The van der Waals surface area contributed by atoms with Crippen LogP contribution in [0.1, 0.15) is 27.6 Å². The number of hydrogen-bond acceptors (Lipinski definition) is 5. The topological polar surface area (TPSA) is 80.8 Å². The first-order chi connectivity index (χ1) is 8.62. The first-order valence-electron chi connectivity index (χ1n) is 5.14. The van der Waals surface area contributed by atoms with Crippen LogP contribution in [0.3, 0.4) is 0 Å². The average Bonchev–Trinajstić information content (AvgIpc) is 2.62. The first-order valence-corrected chi connectivity index (χ1v) is 5.14. The maximum absolute atomic E-state index is 11.8. The third kappa shape index (κ3) is 2.14. The zero-order valence-electron chi connectivity index (χ0n) is 9.93. The third-order valence-electron chi connectivity index (χ3n) is 2.50. The molecule has 1 aromatic rings. The summed E-state index contributed by atoms with van der Waals surface area (Å²) >= 11 is 0. The van der Waals surface area contributed by atoms with Gasteiger partial charge in [-0.3, -0.25) is 14.5 Å². The molecule has 18 heavy (non-hydrogen) atoms. The van der Waals surface area contributed by atoms with E-state index in [2.05, 4.69) is 0 Å². The molecule has 2 amide bonds. The Labute approximate surface area is 103 Å². The molecule has 0 unspecified atom stereocenters. The van der Waals surface area contributed by atoms with Crippen LogP contribution in [0.2, 0.25) is 0 Å². The Kier molecular flexibility index (Phi) is 4.34. The van der Waals surface area contributed by atoms with E-state index >= 15 is 0 Å². The van der Waals surface area contributed by atoms with Crippen molar-refractivity contribution in [2.45, 2.75) is 6.92 Å². The van der Waals surface area contributed by atoms with Crippen LogP contribution in [0, 0.1) is 0 Å². The predicted molar refractivity (Wildman–Crippen MR) is 59.0 cm³/mol. The number of benzene rings is 1. The molecule has 0 aromatic heterocycles. The molecule has 2 rings (SSSR count). The highest BCUT2D eigenvalue weighted by molar-refractivity contribution is 6.22. The van der Waals surface area contributed by atoms with Crippen molar-refractivity contribution in [3.8, 4) is 5.75 Å². The van der Waals surface area contributed by atoms with Gasteiger partial charge in [0.25, 0.3) is 11.8 Å². The standard InChI is InChI=1S/C11H11NO3.CO2/c1-3-12-10(13)7-5-4-6-8(15-2)9(7)11(12)14;2-1-3/h4-6H,3H2,1-2H3;. The number of amides is 2. The second-order valence-corrected chi connectivity index (χ2v) is 3.32. The molecule has 0 spiro atoms. The summed E-state index contributed by atoms with van der Waals surface area (Å²) in [5.41, 5.74) is 0.813. The zero-order valence-corrected chi connectivity index (χ0v) is 9.93. The van der Waals surface area contributed by atoms with E-state index < -0.39 is 0 Å². The van der Waals surface area contributed by atoms with Gasteiger partial charge in [-0.1, -0.05) is 6.07 Å². The monoisotopic (exact) mass is 249 g/mol. The Morgan fingerprint density at radius 1 is 1.22 bits per heavy atom. The number of ether oxygens (including phenoxy) is 1. The highest BCUT2D eigenvalue weighted by Crippen LogP contribution is 2.30. The number of rotatable bonds is 2. The van der Waals surface area contributed by atoms with Crippen LogP contribution in [0.5, 0.6) is 5.75 Å². The largest absolute Gasteiger partial charge is 0.496 e. The SMILES string of the molecule is CCN1C(=O)c2cccc(OC)c2C1=O.O=C=O. The molecule has 0 bridgehead atoms. The van der Waals surface area contributed by atoms with Crippen LogP contribution in [0.25, 0.3) is 0 Å². The lowest BCUT2D eigenvalue weighted by Crippen LogP contribution is -2.29. The molecule has 1 aliphatic heterocycles. The number of fused-ring (bicyclic) bond motifs is 1. The van der Waals surface area contributed by atoms with Gasteiger partial charge in [0.2, 0.25) is 0 Å². The van der Waals surface area contributed by atoms with Gasteiger partial charge in [-0.15, -0.1) is 0 Å². The minimum atomic E-state index is -0.269. The quantitative estimate of drug-likeness (QED) is 0.721. The zero-order chi connectivity index (χ0) is 13.7. The predicted octanol–water partition coefficient (Wildman–Crippen LogP) is 0.728. The number of nitrogens with zero attached hydrogens (tertiary/aromatic N) is 1. The van der Waals surface area contributed by atoms with E-state index in [0.717, 1.165) is 0 Å². The van der Waals surface area contributed by atoms with Gasteiger partial charge in [0, 0.05) is 6.54 Å². The highest BCUT2D eigenvalue weighted by atomic mass is 16.5. The van der Waals surface area contributed by atoms with E-state index in [0.29, 0.717) is 23.4 Å². The van der Waals surface area contributed by atoms with Crippen LogP contribution < -0.4 is 4.74 Å². The molecular formula is C12H11NO5. The molecule has 0 aliphatic carbocycles. The second kappa shape index (κ2) is 5.75. The summed E-state index contributed by atoms with van der Waals surface area (Å²) in [7, 11) is 1.49. The van der Waals surface area contributed by atoms with E-state index in [4.69, 9.17) is 14.3 Å². The fraction of sp³-hybridized carbons (Fsp3) is 0.250. The van der Waals surface area contributed by atoms with E-state index in [1.54, 1.807) is 25.1 Å². The summed E-state index contributed by atoms with van der Waals surface area (Å²) < 4.78 is 5.07. The van der Waals surface area contributed by atoms with Gasteiger partial charge in [0.05, 0.1) is 18.2 Å². The minimum absolute atomic E-state index is 0.239. The first kappa shape index (κ1) is 13.6. The van der Waals surface area contributed by atoms with E-state index in [-0.39, 0.29) is 18.0 Å². The third-order valence-corrected chi connectivity index (χ3v) is 2.50. The van der Waals surface area contributed by atoms with Crippen LogP contribution in [-0.4, -0.2) is 36.5 Å².